The van der Waals surface area contributed by atoms with Crippen LogP contribution in [-0.2, 0) is 4.79 Å². The molecule has 0 bridgehead atoms. The number of aliphatic hydroxyl groups excluding tert-OH is 1. The Bertz CT molecular complexity index is 162. The molecule has 1 atom stereocenters. The fourth-order valence-electron chi connectivity index (χ4n) is 2.03. The first-order chi connectivity index (χ1) is 6.20. The quantitative estimate of drug-likeness (QED) is 0.703. The second-order valence-electron chi connectivity index (χ2n) is 3.90. The largest absolute Gasteiger partial charge is 0.481 e. The van der Waals surface area contributed by atoms with Gasteiger partial charge in [0.1, 0.15) is 0 Å². The fourth-order valence-corrected chi connectivity index (χ4v) is 2.03. The number of carbonyl (C=O) groups is 1. The molecule has 0 aromatic rings. The third-order valence-electron chi connectivity index (χ3n) is 2.85. The van der Waals surface area contributed by atoms with Crippen LogP contribution in [0, 0.1) is 5.92 Å². The molecule has 0 aliphatic heterocycles. The van der Waals surface area contributed by atoms with Gasteiger partial charge in [-0.15, -0.1) is 0 Å². The van der Waals surface area contributed by atoms with E-state index in [4.69, 9.17) is 5.11 Å². The lowest BCUT2D eigenvalue weighted by atomic mass is 9.84. The second-order valence-corrected chi connectivity index (χ2v) is 3.90. The first kappa shape index (κ1) is 10.5. The molecular formula is C10H18O3. The Morgan fingerprint density at radius 2 is 1.92 bits per heavy atom. The molecule has 0 heterocycles. The number of hydrogen-bond donors (Lipinski definition) is 2. The van der Waals surface area contributed by atoms with Crippen molar-refractivity contribution in [3.63, 3.8) is 0 Å². The summed E-state index contributed by atoms with van der Waals surface area (Å²) in [6, 6.07) is 0. The molecule has 0 aromatic carbocycles. The van der Waals surface area contributed by atoms with Crippen LogP contribution in [0.25, 0.3) is 0 Å². The average Bonchev–Trinajstić information content (AvgIpc) is 2.15. The minimum absolute atomic E-state index is 0.0949. The van der Waals surface area contributed by atoms with Gasteiger partial charge in [0.15, 0.2) is 0 Å². The lowest BCUT2D eigenvalue weighted by Gasteiger charge is -2.26. The molecule has 1 aliphatic rings. The van der Waals surface area contributed by atoms with Gasteiger partial charge < -0.3 is 10.2 Å². The van der Waals surface area contributed by atoms with Crippen molar-refractivity contribution in [3.8, 4) is 0 Å². The molecule has 1 unspecified atom stereocenters. The van der Waals surface area contributed by atoms with Crippen molar-refractivity contribution in [2.24, 2.45) is 5.92 Å². The van der Waals surface area contributed by atoms with Crippen molar-refractivity contribution in [2.75, 3.05) is 0 Å². The smallest absolute Gasteiger partial charge is 0.303 e. The van der Waals surface area contributed by atoms with E-state index in [0.29, 0.717) is 12.3 Å². The van der Waals surface area contributed by atoms with Crippen LogP contribution in [0.1, 0.15) is 44.9 Å². The van der Waals surface area contributed by atoms with Gasteiger partial charge in [-0.2, -0.15) is 0 Å². The Kier molecular flexibility index (Phi) is 4.22. The molecule has 0 aromatic heterocycles. The zero-order chi connectivity index (χ0) is 9.68. The molecule has 1 aliphatic carbocycles. The normalized spacial score (nSPS) is 21.3. The molecule has 0 radical (unpaired) electrons. The maximum atomic E-state index is 10.3. The lowest BCUT2D eigenvalue weighted by molar-refractivity contribution is -0.137. The summed E-state index contributed by atoms with van der Waals surface area (Å²) in [4.78, 5) is 10.3. The SMILES string of the molecule is O=C(O)CCC(O)C1CCCCC1. The first-order valence-corrected chi connectivity index (χ1v) is 5.10. The van der Waals surface area contributed by atoms with Crippen molar-refractivity contribution in [2.45, 2.75) is 51.0 Å². The van der Waals surface area contributed by atoms with Gasteiger partial charge in [0.25, 0.3) is 0 Å². The summed E-state index contributed by atoms with van der Waals surface area (Å²) in [6.45, 7) is 0. The minimum atomic E-state index is -0.810. The van der Waals surface area contributed by atoms with Crippen molar-refractivity contribution in [1.29, 1.82) is 0 Å². The maximum absolute atomic E-state index is 10.3. The van der Waals surface area contributed by atoms with Gasteiger partial charge in [0, 0.05) is 6.42 Å². The van der Waals surface area contributed by atoms with Crippen molar-refractivity contribution in [3.05, 3.63) is 0 Å². The van der Waals surface area contributed by atoms with Gasteiger partial charge in [-0.25, -0.2) is 0 Å². The molecular weight excluding hydrogens is 168 g/mol. The third-order valence-corrected chi connectivity index (χ3v) is 2.85. The van der Waals surface area contributed by atoms with Crippen LogP contribution in [0.2, 0.25) is 0 Å². The molecule has 3 nitrogen and oxygen atoms in total. The van der Waals surface area contributed by atoms with Gasteiger partial charge in [-0.3, -0.25) is 4.79 Å². The Labute approximate surface area is 78.8 Å². The van der Waals surface area contributed by atoms with Crippen LogP contribution in [-0.4, -0.2) is 22.3 Å². The topological polar surface area (TPSA) is 57.5 Å². The highest BCUT2D eigenvalue weighted by Gasteiger charge is 2.21. The maximum Gasteiger partial charge on any atom is 0.303 e. The number of aliphatic carboxylic acids is 1. The molecule has 3 heteroatoms. The fraction of sp³-hybridized carbons (Fsp3) is 0.900. The van der Waals surface area contributed by atoms with Crippen LogP contribution in [0.15, 0.2) is 0 Å². The third kappa shape index (κ3) is 3.77. The highest BCUT2D eigenvalue weighted by molar-refractivity contribution is 5.66. The molecule has 0 spiro atoms. The van der Waals surface area contributed by atoms with E-state index in [1.165, 1.54) is 19.3 Å². The van der Waals surface area contributed by atoms with Gasteiger partial charge in [0.05, 0.1) is 6.10 Å². The lowest BCUT2D eigenvalue weighted by Crippen LogP contribution is -2.23. The van der Waals surface area contributed by atoms with E-state index in [1.807, 2.05) is 0 Å². The van der Waals surface area contributed by atoms with E-state index in [1.54, 1.807) is 0 Å². The molecule has 0 saturated heterocycles. The number of carboxylic acid groups (broad SMARTS) is 1. The highest BCUT2D eigenvalue weighted by atomic mass is 16.4. The molecule has 0 amide bonds. The van der Waals surface area contributed by atoms with E-state index in [0.717, 1.165) is 12.8 Å². The monoisotopic (exact) mass is 186 g/mol. The van der Waals surface area contributed by atoms with Crippen molar-refractivity contribution in [1.82, 2.24) is 0 Å². The predicted octanol–water partition coefficient (Wildman–Crippen LogP) is 1.79. The average molecular weight is 186 g/mol. The zero-order valence-corrected chi connectivity index (χ0v) is 7.91. The summed E-state index contributed by atoms with van der Waals surface area (Å²) in [5.74, 6) is -0.456. The summed E-state index contributed by atoms with van der Waals surface area (Å²) >= 11 is 0. The van der Waals surface area contributed by atoms with E-state index < -0.39 is 12.1 Å². The number of rotatable bonds is 4. The summed E-state index contributed by atoms with van der Waals surface area (Å²) in [5.41, 5.74) is 0. The molecule has 76 valence electrons. The minimum Gasteiger partial charge on any atom is -0.481 e. The van der Waals surface area contributed by atoms with E-state index in [2.05, 4.69) is 0 Å². The molecule has 13 heavy (non-hydrogen) atoms. The Balaban J connectivity index is 2.20. The molecule has 1 saturated carbocycles. The van der Waals surface area contributed by atoms with E-state index >= 15 is 0 Å². The number of carboxylic acids is 1. The van der Waals surface area contributed by atoms with E-state index in [9.17, 15) is 9.90 Å². The summed E-state index contributed by atoms with van der Waals surface area (Å²) in [6.07, 6.45) is 5.90. The predicted molar refractivity (Wildman–Crippen MR) is 49.5 cm³/mol. The number of hydrogen-bond acceptors (Lipinski definition) is 2. The summed E-state index contributed by atoms with van der Waals surface area (Å²) in [7, 11) is 0. The van der Waals surface area contributed by atoms with Gasteiger partial charge in [0.2, 0.25) is 0 Å². The standard InChI is InChI=1S/C10H18O3/c11-9(6-7-10(12)13)8-4-2-1-3-5-8/h8-9,11H,1-7H2,(H,12,13). The van der Waals surface area contributed by atoms with Crippen LogP contribution >= 0.6 is 0 Å². The van der Waals surface area contributed by atoms with E-state index in [-0.39, 0.29) is 6.42 Å². The van der Waals surface area contributed by atoms with Crippen LogP contribution in [0.3, 0.4) is 0 Å². The van der Waals surface area contributed by atoms with Crippen molar-refractivity contribution < 1.29 is 15.0 Å². The molecule has 2 N–H and O–H groups in total. The Hall–Kier alpha value is -0.570. The molecule has 1 rings (SSSR count). The summed E-state index contributed by atoms with van der Waals surface area (Å²) in [5, 5.41) is 18.1. The van der Waals surface area contributed by atoms with Crippen LogP contribution in [0.4, 0.5) is 0 Å². The van der Waals surface area contributed by atoms with Gasteiger partial charge in [-0.05, 0) is 25.2 Å². The van der Waals surface area contributed by atoms with Gasteiger partial charge >= 0.3 is 5.97 Å². The van der Waals surface area contributed by atoms with Crippen molar-refractivity contribution >= 4 is 5.97 Å². The Morgan fingerprint density at radius 3 is 2.46 bits per heavy atom. The zero-order valence-electron chi connectivity index (χ0n) is 7.91. The second kappa shape index (κ2) is 5.22. The highest BCUT2D eigenvalue weighted by Crippen LogP contribution is 2.28. The first-order valence-electron chi connectivity index (χ1n) is 5.10. The van der Waals surface area contributed by atoms with Crippen LogP contribution < -0.4 is 0 Å². The van der Waals surface area contributed by atoms with Crippen LogP contribution in [0.5, 0.6) is 0 Å². The summed E-state index contributed by atoms with van der Waals surface area (Å²) < 4.78 is 0. The number of aliphatic hydroxyl groups is 1. The molecule has 1 fully saturated rings. The van der Waals surface area contributed by atoms with Gasteiger partial charge in [-0.1, -0.05) is 19.3 Å². The Morgan fingerprint density at radius 1 is 1.31 bits per heavy atom.